The van der Waals surface area contributed by atoms with Crippen LogP contribution in [0.15, 0.2) is 64.0 Å². The molecule has 3 aromatic rings. The Morgan fingerprint density at radius 1 is 1.19 bits per heavy atom. The van der Waals surface area contributed by atoms with Gasteiger partial charge >= 0.3 is 6.61 Å². The van der Waals surface area contributed by atoms with Crippen molar-refractivity contribution in [2.24, 2.45) is 10.1 Å². The number of hydrogen-bond donors (Lipinski definition) is 0. The molecule has 1 atom stereocenters. The van der Waals surface area contributed by atoms with Crippen LogP contribution in [0.2, 0.25) is 0 Å². The molecule has 0 spiro atoms. The first kappa shape index (κ1) is 21.3. The SMILES string of the molecule is Fc1ccccc1-c1csc(=NC[C@@H]2CCCO2)n1/N=C\c1ccccc1OC(F)F. The molecule has 9 heteroatoms. The number of para-hydroxylation sites is 1. The molecule has 2 heterocycles. The molecule has 5 nitrogen and oxygen atoms in total. The van der Waals surface area contributed by atoms with Crippen molar-refractivity contribution in [1.29, 1.82) is 0 Å². The van der Waals surface area contributed by atoms with Gasteiger partial charge in [-0.3, -0.25) is 4.99 Å². The maximum atomic E-state index is 14.5. The van der Waals surface area contributed by atoms with E-state index in [4.69, 9.17) is 4.74 Å². The Bertz CT molecular complexity index is 1120. The van der Waals surface area contributed by atoms with Crippen LogP contribution in [0.5, 0.6) is 5.75 Å². The maximum Gasteiger partial charge on any atom is 0.387 e. The number of halogens is 3. The Labute approximate surface area is 181 Å². The quantitative estimate of drug-likeness (QED) is 0.483. The molecule has 162 valence electrons. The summed E-state index contributed by atoms with van der Waals surface area (Å²) in [4.78, 5) is 5.17. The molecule has 0 N–H and O–H groups in total. The second-order valence-corrected chi connectivity index (χ2v) is 7.67. The van der Waals surface area contributed by atoms with Gasteiger partial charge in [0.15, 0.2) is 0 Å². The van der Waals surface area contributed by atoms with Gasteiger partial charge in [0.05, 0.1) is 24.6 Å². The summed E-state index contributed by atoms with van der Waals surface area (Å²) >= 11 is 1.32. The highest BCUT2D eigenvalue weighted by molar-refractivity contribution is 7.07. The minimum atomic E-state index is -2.95. The van der Waals surface area contributed by atoms with E-state index in [-0.39, 0.29) is 11.9 Å². The topological polar surface area (TPSA) is 48.1 Å². The van der Waals surface area contributed by atoms with Crippen LogP contribution < -0.4 is 9.54 Å². The molecule has 1 fully saturated rings. The van der Waals surface area contributed by atoms with Gasteiger partial charge in [0.2, 0.25) is 4.80 Å². The fourth-order valence-electron chi connectivity index (χ4n) is 3.25. The van der Waals surface area contributed by atoms with E-state index in [1.54, 1.807) is 41.8 Å². The van der Waals surface area contributed by atoms with Crippen LogP contribution in [0.4, 0.5) is 13.2 Å². The van der Waals surface area contributed by atoms with E-state index in [0.29, 0.717) is 28.2 Å². The Hall–Kier alpha value is -2.91. The smallest absolute Gasteiger partial charge is 0.387 e. The summed E-state index contributed by atoms with van der Waals surface area (Å²) in [5, 5.41) is 6.21. The van der Waals surface area contributed by atoms with Crippen molar-refractivity contribution in [1.82, 2.24) is 4.68 Å². The van der Waals surface area contributed by atoms with Gasteiger partial charge in [0, 0.05) is 23.1 Å². The fraction of sp³-hybridized carbons (Fsp3) is 0.273. The van der Waals surface area contributed by atoms with E-state index in [1.807, 2.05) is 0 Å². The van der Waals surface area contributed by atoms with Gasteiger partial charge in [-0.15, -0.1) is 11.3 Å². The van der Waals surface area contributed by atoms with Crippen LogP contribution in [-0.2, 0) is 4.74 Å². The number of aromatic nitrogens is 1. The highest BCUT2D eigenvalue weighted by atomic mass is 32.1. The number of thiazole rings is 1. The lowest BCUT2D eigenvalue weighted by molar-refractivity contribution is -0.0499. The van der Waals surface area contributed by atoms with Crippen LogP contribution in [0.25, 0.3) is 11.3 Å². The van der Waals surface area contributed by atoms with Gasteiger partial charge in [0.25, 0.3) is 0 Å². The number of nitrogens with zero attached hydrogens (tertiary/aromatic N) is 3. The average molecular weight is 447 g/mol. The molecular formula is C22H20F3N3O2S. The molecule has 1 aliphatic rings. The van der Waals surface area contributed by atoms with E-state index in [2.05, 4.69) is 14.8 Å². The van der Waals surface area contributed by atoms with Crippen LogP contribution in [-0.4, -0.2) is 36.8 Å². The third-order valence-electron chi connectivity index (χ3n) is 4.74. The summed E-state index contributed by atoms with van der Waals surface area (Å²) in [7, 11) is 0. The Kier molecular flexibility index (Phi) is 6.83. The zero-order valence-corrected chi connectivity index (χ0v) is 17.3. The Morgan fingerprint density at radius 2 is 2.00 bits per heavy atom. The van der Waals surface area contributed by atoms with Gasteiger partial charge in [-0.2, -0.15) is 13.9 Å². The number of hydrogen-bond acceptors (Lipinski definition) is 5. The summed E-state index contributed by atoms with van der Waals surface area (Å²) < 4.78 is 51.6. The highest BCUT2D eigenvalue weighted by Gasteiger charge is 2.16. The summed E-state index contributed by atoms with van der Waals surface area (Å²) in [5.74, 6) is -0.390. The number of ether oxygens (including phenoxy) is 2. The van der Waals surface area contributed by atoms with Gasteiger partial charge in [-0.05, 0) is 37.1 Å². The lowest BCUT2D eigenvalue weighted by atomic mass is 10.1. The van der Waals surface area contributed by atoms with Crippen LogP contribution >= 0.6 is 11.3 Å². The first-order valence-electron chi connectivity index (χ1n) is 9.77. The third-order valence-corrected chi connectivity index (χ3v) is 5.59. The van der Waals surface area contributed by atoms with Crippen LogP contribution in [0.3, 0.4) is 0 Å². The summed E-state index contributed by atoms with van der Waals surface area (Å²) in [6, 6.07) is 12.7. The van der Waals surface area contributed by atoms with Crippen molar-refractivity contribution in [2.45, 2.75) is 25.6 Å². The molecule has 1 aromatic heterocycles. The minimum Gasteiger partial charge on any atom is -0.434 e. The summed E-state index contributed by atoms with van der Waals surface area (Å²) in [6.07, 6.45) is 3.40. The van der Waals surface area contributed by atoms with Gasteiger partial charge in [-0.25, -0.2) is 9.07 Å². The van der Waals surface area contributed by atoms with Gasteiger partial charge < -0.3 is 9.47 Å². The van der Waals surface area contributed by atoms with Crippen molar-refractivity contribution in [3.05, 3.63) is 70.1 Å². The van der Waals surface area contributed by atoms with Crippen LogP contribution in [0, 0.1) is 5.82 Å². The van der Waals surface area contributed by atoms with E-state index in [1.165, 1.54) is 34.4 Å². The van der Waals surface area contributed by atoms with E-state index < -0.39 is 12.4 Å². The molecular weight excluding hydrogens is 427 g/mol. The monoisotopic (exact) mass is 447 g/mol. The molecule has 31 heavy (non-hydrogen) atoms. The van der Waals surface area contributed by atoms with E-state index >= 15 is 0 Å². The highest BCUT2D eigenvalue weighted by Crippen LogP contribution is 2.24. The lowest BCUT2D eigenvalue weighted by Gasteiger charge is -2.08. The lowest BCUT2D eigenvalue weighted by Crippen LogP contribution is -2.17. The first-order valence-corrected chi connectivity index (χ1v) is 10.7. The minimum absolute atomic E-state index is 0.00219. The molecule has 1 saturated heterocycles. The van der Waals surface area contributed by atoms with E-state index in [9.17, 15) is 13.2 Å². The predicted octanol–water partition coefficient (Wildman–Crippen LogP) is 4.92. The van der Waals surface area contributed by atoms with Crippen molar-refractivity contribution in [3.8, 4) is 17.0 Å². The van der Waals surface area contributed by atoms with Gasteiger partial charge in [0.1, 0.15) is 11.6 Å². The van der Waals surface area contributed by atoms with E-state index in [0.717, 1.165) is 19.4 Å². The first-order chi connectivity index (χ1) is 15.1. The van der Waals surface area contributed by atoms with Crippen molar-refractivity contribution in [2.75, 3.05) is 13.2 Å². The molecule has 2 aromatic carbocycles. The normalized spacial score (nSPS) is 17.2. The Morgan fingerprint density at radius 3 is 2.77 bits per heavy atom. The molecule has 0 aliphatic carbocycles. The summed E-state index contributed by atoms with van der Waals surface area (Å²) in [6.45, 7) is -1.75. The fourth-order valence-corrected chi connectivity index (χ4v) is 4.09. The summed E-state index contributed by atoms with van der Waals surface area (Å²) in [5.41, 5.74) is 1.25. The second-order valence-electron chi connectivity index (χ2n) is 6.83. The van der Waals surface area contributed by atoms with Crippen molar-refractivity contribution >= 4 is 17.6 Å². The second kappa shape index (κ2) is 9.93. The van der Waals surface area contributed by atoms with Gasteiger partial charge in [-0.1, -0.05) is 24.3 Å². The molecule has 0 radical (unpaired) electrons. The van der Waals surface area contributed by atoms with Crippen molar-refractivity contribution < 1.29 is 22.6 Å². The molecule has 0 amide bonds. The maximum absolute atomic E-state index is 14.5. The molecule has 1 aliphatic heterocycles. The zero-order chi connectivity index (χ0) is 21.6. The predicted molar refractivity (Wildman–Crippen MR) is 113 cm³/mol. The average Bonchev–Trinajstić information content (AvgIpc) is 3.41. The Balaban J connectivity index is 1.74. The number of alkyl halides is 2. The third kappa shape index (κ3) is 5.23. The molecule has 0 saturated carbocycles. The number of benzene rings is 2. The zero-order valence-electron chi connectivity index (χ0n) is 16.5. The molecule has 0 unspecified atom stereocenters. The van der Waals surface area contributed by atoms with Crippen LogP contribution in [0.1, 0.15) is 18.4 Å². The molecule has 0 bridgehead atoms. The number of rotatable bonds is 7. The largest absolute Gasteiger partial charge is 0.434 e. The molecule has 4 rings (SSSR count). The standard InChI is InChI=1S/C22H20F3N3O2S/c23-18-9-3-2-8-17(18)19-14-31-22(26-13-16-7-5-11-29-16)28(19)27-12-15-6-1-4-10-20(15)30-21(24)25/h1-4,6,8-10,12,14,16,21H,5,7,11,13H2/b26-22?,27-12-/t16-/m0/s1. The van der Waals surface area contributed by atoms with Crippen molar-refractivity contribution in [3.63, 3.8) is 0 Å².